The van der Waals surface area contributed by atoms with Crippen LogP contribution in [0.1, 0.15) is 28.4 Å². The second-order valence-corrected chi connectivity index (χ2v) is 4.74. The van der Waals surface area contributed by atoms with Gasteiger partial charge in [-0.1, -0.05) is 29.8 Å². The fourth-order valence-electron chi connectivity index (χ4n) is 1.98. The van der Waals surface area contributed by atoms with Crippen LogP contribution in [0.2, 0.25) is 0 Å². The van der Waals surface area contributed by atoms with E-state index in [0.717, 1.165) is 11.1 Å². The number of carboxylic acids is 1. The van der Waals surface area contributed by atoms with Gasteiger partial charge in [0, 0.05) is 0 Å². The van der Waals surface area contributed by atoms with Gasteiger partial charge >= 0.3 is 5.97 Å². The van der Waals surface area contributed by atoms with Gasteiger partial charge < -0.3 is 5.11 Å². The van der Waals surface area contributed by atoms with E-state index in [1.54, 1.807) is 0 Å². The molecule has 0 aliphatic rings. The number of carboxylic acid groups (broad SMARTS) is 1. The Hall–Kier alpha value is -2.30. The van der Waals surface area contributed by atoms with E-state index in [9.17, 15) is 14.3 Å². The van der Waals surface area contributed by atoms with E-state index in [2.05, 4.69) is 9.97 Å². The summed E-state index contributed by atoms with van der Waals surface area (Å²) in [6.45, 7) is 3.44. The van der Waals surface area contributed by atoms with Gasteiger partial charge in [-0.25, -0.2) is 14.4 Å². The molecule has 0 fully saturated rings. The monoisotopic (exact) mass is 274 g/mol. The topological polar surface area (TPSA) is 63.1 Å². The molecule has 1 heterocycles. The van der Waals surface area contributed by atoms with Crippen molar-refractivity contribution in [1.82, 2.24) is 9.97 Å². The van der Waals surface area contributed by atoms with Crippen LogP contribution in [0.15, 0.2) is 30.6 Å². The Kier molecular flexibility index (Phi) is 4.08. The number of rotatable bonds is 4. The molecule has 0 amide bonds. The van der Waals surface area contributed by atoms with Gasteiger partial charge in [0.1, 0.15) is 12.2 Å². The van der Waals surface area contributed by atoms with Gasteiger partial charge in [0.2, 0.25) is 0 Å². The summed E-state index contributed by atoms with van der Waals surface area (Å²) in [6.07, 6.45) is 1.39. The van der Waals surface area contributed by atoms with Gasteiger partial charge in [-0.15, -0.1) is 0 Å². The molecular weight excluding hydrogens is 259 g/mol. The van der Waals surface area contributed by atoms with Gasteiger partial charge in [-0.3, -0.25) is 4.79 Å². The zero-order chi connectivity index (χ0) is 14.7. The Morgan fingerprint density at radius 2 is 1.90 bits per heavy atom. The smallest absolute Gasteiger partial charge is 0.313 e. The lowest BCUT2D eigenvalue weighted by Crippen LogP contribution is -2.18. The predicted molar refractivity (Wildman–Crippen MR) is 72.0 cm³/mol. The van der Waals surface area contributed by atoms with Crippen LogP contribution in [0.25, 0.3) is 0 Å². The predicted octanol–water partition coefficient (Wildman–Crippen LogP) is 2.64. The van der Waals surface area contributed by atoms with Crippen molar-refractivity contribution < 1.29 is 14.3 Å². The van der Waals surface area contributed by atoms with Crippen LogP contribution in [0, 0.1) is 19.7 Å². The van der Waals surface area contributed by atoms with Gasteiger partial charge in [0.15, 0.2) is 5.82 Å². The van der Waals surface area contributed by atoms with Crippen LogP contribution >= 0.6 is 0 Å². The maximum absolute atomic E-state index is 14.0. The average Bonchev–Trinajstić information content (AvgIpc) is 2.41. The normalized spacial score (nSPS) is 12.2. The van der Waals surface area contributed by atoms with Crippen LogP contribution < -0.4 is 0 Å². The molecule has 1 N–H and O–H groups in total. The number of benzene rings is 1. The van der Waals surface area contributed by atoms with Crippen molar-refractivity contribution in [3.63, 3.8) is 0 Å². The number of hydrogen-bond acceptors (Lipinski definition) is 3. The second-order valence-electron chi connectivity index (χ2n) is 4.74. The molecule has 0 spiro atoms. The highest BCUT2D eigenvalue weighted by molar-refractivity contribution is 5.76. The fraction of sp³-hybridized carbons (Fsp3) is 0.267. The molecule has 0 bridgehead atoms. The molecule has 2 aromatic rings. The number of halogens is 1. The lowest BCUT2D eigenvalue weighted by Gasteiger charge is -2.13. The molecule has 104 valence electrons. The van der Waals surface area contributed by atoms with E-state index >= 15 is 0 Å². The van der Waals surface area contributed by atoms with Crippen LogP contribution in [0.4, 0.5) is 4.39 Å². The highest BCUT2D eigenvalue weighted by Gasteiger charge is 2.26. The largest absolute Gasteiger partial charge is 0.481 e. The third-order valence-corrected chi connectivity index (χ3v) is 3.18. The van der Waals surface area contributed by atoms with E-state index in [1.165, 1.54) is 13.3 Å². The first kappa shape index (κ1) is 14.1. The molecule has 20 heavy (non-hydrogen) atoms. The van der Waals surface area contributed by atoms with Crippen molar-refractivity contribution in [3.05, 3.63) is 58.9 Å². The Morgan fingerprint density at radius 1 is 1.25 bits per heavy atom. The lowest BCUT2D eigenvalue weighted by atomic mass is 9.95. The maximum atomic E-state index is 14.0. The molecule has 1 aromatic heterocycles. The Labute approximate surface area is 116 Å². The standard InChI is InChI=1S/C15H15FN2O2/c1-9-3-5-11(6-4-9)7-12(15(19)20)14-13(16)10(2)17-8-18-14/h3-6,8,12H,7H2,1-2H3,(H,19,20). The summed E-state index contributed by atoms with van der Waals surface area (Å²) in [4.78, 5) is 18.9. The molecule has 1 aromatic carbocycles. The minimum atomic E-state index is -1.09. The van der Waals surface area contributed by atoms with Crippen LogP contribution in [0.5, 0.6) is 0 Å². The summed E-state index contributed by atoms with van der Waals surface area (Å²) < 4.78 is 14.0. The van der Waals surface area contributed by atoms with Crippen molar-refractivity contribution in [3.8, 4) is 0 Å². The number of aromatic nitrogens is 2. The van der Waals surface area contributed by atoms with Crippen molar-refractivity contribution in [2.75, 3.05) is 0 Å². The average molecular weight is 274 g/mol. The summed E-state index contributed by atoms with van der Waals surface area (Å²) in [5, 5.41) is 9.33. The first-order chi connectivity index (χ1) is 9.49. The van der Waals surface area contributed by atoms with Crippen LogP contribution in [-0.4, -0.2) is 21.0 Å². The molecule has 1 atom stereocenters. The molecule has 1 unspecified atom stereocenters. The number of nitrogens with zero attached hydrogens (tertiary/aromatic N) is 2. The highest BCUT2D eigenvalue weighted by atomic mass is 19.1. The summed E-state index contributed by atoms with van der Waals surface area (Å²) in [6, 6.07) is 7.49. The van der Waals surface area contributed by atoms with Gasteiger partial charge in [-0.05, 0) is 25.8 Å². The molecule has 0 aliphatic heterocycles. The first-order valence-electron chi connectivity index (χ1n) is 6.24. The molecule has 0 aliphatic carbocycles. The molecular formula is C15H15FN2O2. The number of aliphatic carboxylic acids is 1. The number of hydrogen-bond donors (Lipinski definition) is 1. The van der Waals surface area contributed by atoms with Crippen molar-refractivity contribution in [2.24, 2.45) is 0 Å². The third-order valence-electron chi connectivity index (χ3n) is 3.18. The van der Waals surface area contributed by atoms with Gasteiger partial charge in [0.25, 0.3) is 0 Å². The first-order valence-corrected chi connectivity index (χ1v) is 6.24. The van der Waals surface area contributed by atoms with Gasteiger partial charge in [0.05, 0.1) is 11.4 Å². The maximum Gasteiger partial charge on any atom is 0.313 e. The number of carbonyl (C=O) groups is 1. The highest BCUT2D eigenvalue weighted by Crippen LogP contribution is 2.23. The summed E-state index contributed by atoms with van der Waals surface area (Å²) in [5.74, 6) is -2.76. The van der Waals surface area contributed by atoms with Gasteiger partial charge in [-0.2, -0.15) is 0 Å². The van der Waals surface area contributed by atoms with E-state index in [-0.39, 0.29) is 17.8 Å². The van der Waals surface area contributed by atoms with Crippen molar-refractivity contribution in [1.29, 1.82) is 0 Å². The molecule has 0 saturated carbocycles. The van der Waals surface area contributed by atoms with E-state index in [4.69, 9.17) is 0 Å². The van der Waals surface area contributed by atoms with Crippen molar-refractivity contribution in [2.45, 2.75) is 26.2 Å². The lowest BCUT2D eigenvalue weighted by molar-refractivity contribution is -0.138. The zero-order valence-corrected chi connectivity index (χ0v) is 11.3. The molecule has 4 nitrogen and oxygen atoms in total. The molecule has 5 heteroatoms. The molecule has 0 saturated heterocycles. The minimum Gasteiger partial charge on any atom is -0.481 e. The quantitative estimate of drug-likeness (QED) is 0.931. The SMILES string of the molecule is Cc1ccc(CC(C(=O)O)c2ncnc(C)c2F)cc1. The second kappa shape index (κ2) is 5.77. The van der Waals surface area contributed by atoms with E-state index in [1.807, 2.05) is 31.2 Å². The van der Waals surface area contributed by atoms with E-state index in [0.29, 0.717) is 0 Å². The minimum absolute atomic E-state index is 0.0643. The Morgan fingerprint density at radius 3 is 2.50 bits per heavy atom. The molecule has 2 rings (SSSR count). The Balaban J connectivity index is 2.34. The van der Waals surface area contributed by atoms with Crippen molar-refractivity contribution >= 4 is 5.97 Å². The van der Waals surface area contributed by atoms with Crippen LogP contribution in [-0.2, 0) is 11.2 Å². The zero-order valence-electron chi connectivity index (χ0n) is 11.3. The fourth-order valence-corrected chi connectivity index (χ4v) is 1.98. The summed E-state index contributed by atoms with van der Waals surface area (Å²) in [7, 11) is 0. The summed E-state index contributed by atoms with van der Waals surface area (Å²) >= 11 is 0. The Bertz CT molecular complexity index is 626. The van der Waals surface area contributed by atoms with Crippen LogP contribution in [0.3, 0.4) is 0 Å². The van der Waals surface area contributed by atoms with E-state index < -0.39 is 17.7 Å². The number of aryl methyl sites for hydroxylation is 2. The molecule has 0 radical (unpaired) electrons. The summed E-state index contributed by atoms with van der Waals surface area (Å²) in [5.41, 5.74) is 2.01. The third kappa shape index (κ3) is 2.99.